The van der Waals surface area contributed by atoms with Crippen LogP contribution in [0.3, 0.4) is 0 Å². The molecule has 3 amide bonds. The SMILES string of the molecule is COc1cc([C@H]2c3sc(=O)[nH]c3SC3C4CC(C5C(=O)N(C(C)C(=O)O)C(=O)C45)C32)ccc1OCC(=O)Nc1ccccc1C. The number of anilines is 1. The van der Waals surface area contributed by atoms with Gasteiger partial charge in [-0.25, -0.2) is 4.79 Å². The van der Waals surface area contributed by atoms with Gasteiger partial charge in [0.15, 0.2) is 18.1 Å². The predicted octanol–water partition coefficient (Wildman–Crippen LogP) is 3.72. The number of thiazole rings is 1. The lowest BCUT2D eigenvalue weighted by Crippen LogP contribution is -2.44. The molecule has 1 saturated heterocycles. The van der Waals surface area contributed by atoms with Crippen molar-refractivity contribution in [3.63, 3.8) is 0 Å². The highest BCUT2D eigenvalue weighted by Crippen LogP contribution is 2.68. The van der Waals surface area contributed by atoms with E-state index in [4.69, 9.17) is 9.47 Å². The van der Waals surface area contributed by atoms with Crippen LogP contribution < -0.4 is 19.7 Å². The average Bonchev–Trinajstić information content (AvgIpc) is 3.75. The summed E-state index contributed by atoms with van der Waals surface area (Å²) in [5.41, 5.74) is 2.50. The Bertz CT molecular complexity index is 1800. The molecular weight excluding hydrogens is 618 g/mol. The van der Waals surface area contributed by atoms with Crippen molar-refractivity contribution < 1.29 is 33.8 Å². The number of likely N-dealkylation sites (tertiary alicyclic amines) is 1. The summed E-state index contributed by atoms with van der Waals surface area (Å²) < 4.78 is 11.5. The summed E-state index contributed by atoms with van der Waals surface area (Å²) in [5.74, 6) is -3.26. The number of imide groups is 1. The van der Waals surface area contributed by atoms with Crippen molar-refractivity contribution in [3.8, 4) is 11.5 Å². The van der Waals surface area contributed by atoms with Crippen molar-refractivity contribution in [2.75, 3.05) is 19.0 Å². The molecule has 3 fully saturated rings. The smallest absolute Gasteiger partial charge is 0.326 e. The van der Waals surface area contributed by atoms with Crippen LogP contribution in [0.4, 0.5) is 5.69 Å². The first kappa shape index (κ1) is 29.6. The Balaban J connectivity index is 1.18. The first-order valence-electron chi connectivity index (χ1n) is 14.7. The van der Waals surface area contributed by atoms with Gasteiger partial charge in [-0.1, -0.05) is 35.6 Å². The highest BCUT2D eigenvalue weighted by Gasteiger charge is 2.70. The molecule has 11 nitrogen and oxygen atoms in total. The summed E-state index contributed by atoms with van der Waals surface area (Å²) in [4.78, 5) is 68.7. The van der Waals surface area contributed by atoms with Crippen LogP contribution in [0.25, 0.3) is 0 Å². The van der Waals surface area contributed by atoms with Crippen LogP contribution in [0.2, 0.25) is 0 Å². The molecule has 7 unspecified atom stereocenters. The number of carbonyl (C=O) groups excluding carboxylic acids is 3. The fourth-order valence-electron chi connectivity index (χ4n) is 7.94. The van der Waals surface area contributed by atoms with Gasteiger partial charge in [0.05, 0.1) is 24.0 Å². The van der Waals surface area contributed by atoms with Gasteiger partial charge in [-0.15, -0.1) is 11.8 Å². The van der Waals surface area contributed by atoms with Gasteiger partial charge in [0.1, 0.15) is 6.04 Å². The van der Waals surface area contributed by atoms with Gasteiger partial charge < -0.3 is 24.9 Å². The van der Waals surface area contributed by atoms with Crippen LogP contribution in [-0.2, 0) is 19.2 Å². The number of aromatic nitrogens is 1. The molecule has 2 aliphatic heterocycles. The number of carbonyl (C=O) groups is 4. The third-order valence-electron chi connectivity index (χ3n) is 9.83. The number of carboxylic acids is 1. The van der Waals surface area contributed by atoms with E-state index in [1.54, 1.807) is 17.8 Å². The number of benzene rings is 2. The van der Waals surface area contributed by atoms with E-state index in [0.717, 1.165) is 37.3 Å². The van der Waals surface area contributed by atoms with E-state index < -0.39 is 35.7 Å². The fourth-order valence-corrected chi connectivity index (χ4v) is 10.8. The number of ether oxygens (including phenoxy) is 2. The van der Waals surface area contributed by atoms with Gasteiger partial charge in [-0.3, -0.25) is 24.1 Å². The molecule has 2 bridgehead atoms. The second-order valence-corrected chi connectivity index (χ2v) is 14.3. The number of aromatic amines is 1. The minimum atomic E-state index is -1.23. The first-order chi connectivity index (χ1) is 21.6. The van der Waals surface area contributed by atoms with Gasteiger partial charge >= 0.3 is 10.8 Å². The van der Waals surface area contributed by atoms with Gasteiger partial charge in [0, 0.05) is 21.7 Å². The van der Waals surface area contributed by atoms with Crippen molar-refractivity contribution in [2.24, 2.45) is 29.6 Å². The van der Waals surface area contributed by atoms with Crippen LogP contribution in [0.5, 0.6) is 11.5 Å². The maximum absolute atomic E-state index is 13.6. The molecule has 3 aromatic rings. The number of aliphatic carboxylic acids is 1. The van der Waals surface area contributed by atoms with Crippen molar-refractivity contribution in [1.82, 2.24) is 9.88 Å². The number of thioether (sulfide) groups is 1. The molecule has 1 aromatic heterocycles. The third-order valence-corrected chi connectivity index (χ3v) is 12.4. The van der Waals surface area contributed by atoms with Crippen molar-refractivity contribution in [1.29, 1.82) is 0 Å². The summed E-state index contributed by atoms with van der Waals surface area (Å²) >= 11 is 2.70. The van der Waals surface area contributed by atoms with Gasteiger partial charge in [0.2, 0.25) is 11.8 Å². The van der Waals surface area contributed by atoms with Crippen LogP contribution in [0.1, 0.15) is 35.3 Å². The number of para-hydroxylation sites is 1. The second-order valence-electron chi connectivity index (χ2n) is 12.1. The number of rotatable bonds is 8. The van der Waals surface area contributed by atoms with Crippen LogP contribution in [0.15, 0.2) is 52.3 Å². The van der Waals surface area contributed by atoms with E-state index in [1.165, 1.54) is 14.0 Å². The Hall–Kier alpha value is -4.10. The summed E-state index contributed by atoms with van der Waals surface area (Å²) in [6.45, 7) is 3.05. The van der Waals surface area contributed by atoms with Crippen molar-refractivity contribution in [3.05, 3.63) is 68.1 Å². The number of nitrogens with zero attached hydrogens (tertiary/aromatic N) is 1. The molecule has 7 rings (SSSR count). The number of hydrogen-bond acceptors (Lipinski definition) is 9. The quantitative estimate of drug-likeness (QED) is 0.310. The zero-order chi connectivity index (χ0) is 31.7. The molecule has 2 aromatic carbocycles. The number of methoxy groups -OCH3 is 1. The largest absolute Gasteiger partial charge is 0.493 e. The maximum atomic E-state index is 13.6. The number of hydrogen-bond donors (Lipinski definition) is 3. The maximum Gasteiger partial charge on any atom is 0.326 e. The van der Waals surface area contributed by atoms with Gasteiger partial charge in [-0.05, 0) is 67.3 Å². The summed E-state index contributed by atoms with van der Waals surface area (Å²) in [6, 6.07) is 11.7. The Labute approximate surface area is 266 Å². The zero-order valence-electron chi connectivity index (χ0n) is 24.6. The monoisotopic (exact) mass is 649 g/mol. The Morgan fingerprint density at radius 1 is 1.09 bits per heavy atom. The third kappa shape index (κ3) is 4.66. The van der Waals surface area contributed by atoms with Crippen molar-refractivity contribution >= 4 is 52.5 Å². The Morgan fingerprint density at radius 2 is 1.82 bits per heavy atom. The lowest BCUT2D eigenvalue weighted by Gasteiger charge is -2.43. The topological polar surface area (TPSA) is 155 Å². The highest BCUT2D eigenvalue weighted by molar-refractivity contribution is 8.00. The van der Waals surface area contributed by atoms with Gasteiger partial charge in [-0.2, -0.15) is 0 Å². The van der Waals surface area contributed by atoms with E-state index >= 15 is 0 Å². The van der Waals surface area contributed by atoms with Crippen LogP contribution >= 0.6 is 23.1 Å². The lowest BCUT2D eigenvalue weighted by atomic mass is 9.68. The number of amides is 3. The molecule has 3 heterocycles. The lowest BCUT2D eigenvalue weighted by molar-refractivity contribution is -0.154. The number of aryl methyl sites for hydroxylation is 1. The van der Waals surface area contributed by atoms with E-state index in [0.29, 0.717) is 23.6 Å². The molecule has 4 aliphatic rings. The minimum Gasteiger partial charge on any atom is -0.493 e. The van der Waals surface area contributed by atoms with Crippen LogP contribution in [0, 0.1) is 36.5 Å². The molecule has 45 heavy (non-hydrogen) atoms. The van der Waals surface area contributed by atoms with E-state index in [1.807, 2.05) is 43.3 Å². The zero-order valence-corrected chi connectivity index (χ0v) is 26.3. The molecule has 8 atom stereocenters. The number of nitrogens with one attached hydrogen (secondary N) is 2. The van der Waals surface area contributed by atoms with Crippen LogP contribution in [-0.4, -0.2) is 63.7 Å². The normalized spacial score (nSPS) is 28.3. The molecular formula is C32H31N3O8S2. The highest BCUT2D eigenvalue weighted by atomic mass is 32.2. The van der Waals surface area contributed by atoms with E-state index in [-0.39, 0.29) is 46.3 Å². The Morgan fingerprint density at radius 3 is 2.53 bits per heavy atom. The van der Waals surface area contributed by atoms with E-state index in [9.17, 15) is 29.1 Å². The standard InChI is InChI=1S/C32H31N3O8S2/c1-13-6-4-5-7-18(13)33-21(36)12-43-19-9-8-15(10-20(19)42-3)22-23-16-11-17(26(23)44-28-27(22)45-32(41)34-28)25-24(16)29(37)35(30(25)38)14(2)31(39)40/h4-10,14,16-17,22-26H,11-12H2,1-3H3,(H,33,36)(H,34,41)(H,39,40)/t14?,16?,17?,22-,23?,24?,25?,26?/m1/s1. The second kappa shape index (κ2) is 11.1. The molecule has 2 saturated carbocycles. The molecule has 0 radical (unpaired) electrons. The number of H-pyrrole nitrogens is 1. The molecule has 234 valence electrons. The molecule has 0 spiro atoms. The fraction of sp³-hybridized carbons (Fsp3) is 0.406. The van der Waals surface area contributed by atoms with Gasteiger partial charge in [0.25, 0.3) is 5.91 Å². The molecule has 3 N–H and O–H groups in total. The Kier molecular flexibility index (Phi) is 7.27. The van der Waals surface area contributed by atoms with E-state index in [2.05, 4.69) is 10.3 Å². The summed E-state index contributed by atoms with van der Waals surface area (Å²) in [7, 11) is 1.52. The summed E-state index contributed by atoms with van der Waals surface area (Å²) in [6.07, 6.45) is 0.689. The summed E-state index contributed by atoms with van der Waals surface area (Å²) in [5, 5.41) is 13.2. The number of fused-ring (bicyclic) bond motifs is 9. The van der Waals surface area contributed by atoms with Crippen molar-refractivity contribution in [2.45, 2.75) is 42.5 Å². The first-order valence-corrected chi connectivity index (χ1v) is 16.4. The average molecular weight is 650 g/mol. The molecule has 13 heteroatoms. The molecule has 2 aliphatic carbocycles. The minimum absolute atomic E-state index is 0.0390. The predicted molar refractivity (Wildman–Crippen MR) is 166 cm³/mol. The number of carboxylic acid groups (broad SMARTS) is 1.